The highest BCUT2D eigenvalue weighted by Crippen LogP contribution is 2.25. The summed E-state index contributed by atoms with van der Waals surface area (Å²) in [6, 6.07) is 4.18. The fraction of sp³-hybridized carbons (Fsp3) is 0.250. The molecule has 2 heterocycles. The first-order chi connectivity index (χ1) is 11.3. The van der Waals surface area contributed by atoms with Crippen LogP contribution in [0, 0.1) is 13.8 Å². The van der Waals surface area contributed by atoms with E-state index in [-0.39, 0.29) is 17.4 Å². The first kappa shape index (κ1) is 15.7. The van der Waals surface area contributed by atoms with Gasteiger partial charge in [-0.25, -0.2) is 4.79 Å². The van der Waals surface area contributed by atoms with Gasteiger partial charge in [-0.1, -0.05) is 0 Å². The molecule has 4 amide bonds. The molecule has 0 radical (unpaired) electrons. The molecule has 0 fully saturated rings. The van der Waals surface area contributed by atoms with Crippen molar-refractivity contribution in [3.05, 3.63) is 40.7 Å². The maximum absolute atomic E-state index is 12.2. The van der Waals surface area contributed by atoms with Gasteiger partial charge < -0.3 is 10.6 Å². The molecule has 0 bridgehead atoms. The van der Waals surface area contributed by atoms with Crippen molar-refractivity contribution in [2.75, 3.05) is 17.7 Å². The van der Waals surface area contributed by atoms with Crippen LogP contribution in [0.25, 0.3) is 0 Å². The molecule has 8 nitrogen and oxygen atoms in total. The van der Waals surface area contributed by atoms with Crippen molar-refractivity contribution >= 4 is 29.2 Å². The van der Waals surface area contributed by atoms with Gasteiger partial charge in [0.05, 0.1) is 28.2 Å². The predicted molar refractivity (Wildman–Crippen MR) is 88.2 cm³/mol. The summed E-state index contributed by atoms with van der Waals surface area (Å²) < 4.78 is 1.68. The van der Waals surface area contributed by atoms with E-state index in [0.29, 0.717) is 22.6 Å². The zero-order valence-corrected chi connectivity index (χ0v) is 13.8. The number of carbonyl (C=O) groups is 3. The molecule has 0 unspecified atom stereocenters. The van der Waals surface area contributed by atoms with Gasteiger partial charge in [0.25, 0.3) is 11.8 Å². The van der Waals surface area contributed by atoms with Crippen LogP contribution in [0.2, 0.25) is 0 Å². The van der Waals surface area contributed by atoms with Gasteiger partial charge in [0.15, 0.2) is 0 Å². The average Bonchev–Trinajstić information content (AvgIpc) is 2.90. The molecule has 0 saturated heterocycles. The summed E-state index contributed by atoms with van der Waals surface area (Å²) in [5.41, 5.74) is 3.24. The second-order valence-electron chi connectivity index (χ2n) is 5.68. The van der Waals surface area contributed by atoms with Crippen molar-refractivity contribution in [1.82, 2.24) is 14.7 Å². The number of aryl methyl sites for hydroxylation is 2. The molecular formula is C16H17N5O3. The Kier molecular flexibility index (Phi) is 3.59. The molecule has 2 aromatic rings. The van der Waals surface area contributed by atoms with Crippen LogP contribution in [0.5, 0.6) is 0 Å². The Morgan fingerprint density at radius 2 is 1.71 bits per heavy atom. The molecule has 0 saturated carbocycles. The molecule has 24 heavy (non-hydrogen) atoms. The molecule has 1 aromatic carbocycles. The molecule has 3 rings (SSSR count). The number of rotatable bonds is 2. The van der Waals surface area contributed by atoms with Gasteiger partial charge in [0, 0.05) is 19.8 Å². The third-order valence-corrected chi connectivity index (χ3v) is 4.10. The number of nitrogens with zero attached hydrogens (tertiary/aromatic N) is 3. The van der Waals surface area contributed by atoms with E-state index in [2.05, 4.69) is 15.7 Å². The van der Waals surface area contributed by atoms with Crippen molar-refractivity contribution in [2.24, 2.45) is 7.05 Å². The topological polar surface area (TPSA) is 96.3 Å². The standard InChI is InChI=1S/C16H17N5O3/c1-8-13(9(2)21(4)19-8)18-16(24)17-10-5-6-11-12(7-10)15(23)20(3)14(11)22/h5-7H,1-4H3,(H2,17,18,24). The van der Waals surface area contributed by atoms with Crippen molar-refractivity contribution < 1.29 is 14.4 Å². The lowest BCUT2D eigenvalue weighted by molar-refractivity contribution is 0.0693. The van der Waals surface area contributed by atoms with E-state index in [4.69, 9.17) is 0 Å². The molecule has 1 aliphatic heterocycles. The van der Waals surface area contributed by atoms with E-state index < -0.39 is 6.03 Å². The highest BCUT2D eigenvalue weighted by molar-refractivity contribution is 6.21. The van der Waals surface area contributed by atoms with E-state index >= 15 is 0 Å². The van der Waals surface area contributed by atoms with E-state index in [1.54, 1.807) is 24.7 Å². The van der Waals surface area contributed by atoms with Gasteiger partial charge in [-0.15, -0.1) is 0 Å². The maximum atomic E-state index is 12.2. The quantitative estimate of drug-likeness (QED) is 0.824. The first-order valence-corrected chi connectivity index (χ1v) is 7.34. The molecule has 124 valence electrons. The van der Waals surface area contributed by atoms with Gasteiger partial charge in [0.2, 0.25) is 0 Å². The Morgan fingerprint density at radius 1 is 1.04 bits per heavy atom. The minimum atomic E-state index is -0.445. The van der Waals surface area contributed by atoms with Crippen molar-refractivity contribution in [3.8, 4) is 0 Å². The van der Waals surface area contributed by atoms with Crippen LogP contribution in [0.1, 0.15) is 32.1 Å². The first-order valence-electron chi connectivity index (χ1n) is 7.34. The Morgan fingerprint density at radius 3 is 2.33 bits per heavy atom. The van der Waals surface area contributed by atoms with Crippen LogP contribution in [0.15, 0.2) is 18.2 Å². The third kappa shape index (κ3) is 2.41. The van der Waals surface area contributed by atoms with Gasteiger partial charge in [0.1, 0.15) is 0 Å². The molecule has 2 N–H and O–H groups in total. The molecule has 0 spiro atoms. The maximum Gasteiger partial charge on any atom is 0.323 e. The van der Waals surface area contributed by atoms with Crippen LogP contribution >= 0.6 is 0 Å². The summed E-state index contributed by atoms with van der Waals surface area (Å²) in [5.74, 6) is -0.717. The number of amides is 4. The number of aromatic nitrogens is 2. The summed E-state index contributed by atoms with van der Waals surface area (Å²) in [6.07, 6.45) is 0. The molecular weight excluding hydrogens is 310 g/mol. The largest absolute Gasteiger partial charge is 0.323 e. The minimum absolute atomic E-state index is 0.286. The van der Waals surface area contributed by atoms with Crippen molar-refractivity contribution in [2.45, 2.75) is 13.8 Å². The third-order valence-electron chi connectivity index (χ3n) is 4.10. The fourth-order valence-electron chi connectivity index (χ4n) is 2.67. The van der Waals surface area contributed by atoms with E-state index in [9.17, 15) is 14.4 Å². The monoisotopic (exact) mass is 327 g/mol. The van der Waals surface area contributed by atoms with Gasteiger partial charge in [-0.2, -0.15) is 5.10 Å². The summed E-state index contributed by atoms with van der Waals surface area (Å²) >= 11 is 0. The van der Waals surface area contributed by atoms with E-state index in [1.165, 1.54) is 19.2 Å². The number of benzene rings is 1. The highest BCUT2D eigenvalue weighted by atomic mass is 16.2. The average molecular weight is 327 g/mol. The van der Waals surface area contributed by atoms with Gasteiger partial charge >= 0.3 is 6.03 Å². The fourth-order valence-corrected chi connectivity index (χ4v) is 2.67. The second kappa shape index (κ2) is 5.48. The Hall–Kier alpha value is -3.16. The number of fused-ring (bicyclic) bond motifs is 1. The Bertz CT molecular complexity index is 884. The van der Waals surface area contributed by atoms with Crippen LogP contribution in [-0.2, 0) is 7.05 Å². The number of carbonyl (C=O) groups excluding carboxylic acids is 3. The molecule has 1 aliphatic rings. The zero-order valence-electron chi connectivity index (χ0n) is 13.8. The summed E-state index contributed by atoms with van der Waals surface area (Å²) in [6.45, 7) is 3.66. The van der Waals surface area contributed by atoms with Crippen LogP contribution in [0.3, 0.4) is 0 Å². The number of hydrogen-bond donors (Lipinski definition) is 2. The summed E-state index contributed by atoms with van der Waals surface area (Å²) in [4.78, 5) is 37.1. The van der Waals surface area contributed by atoms with E-state index in [1.807, 2.05) is 6.92 Å². The lowest BCUT2D eigenvalue weighted by atomic mass is 10.1. The van der Waals surface area contributed by atoms with E-state index in [0.717, 1.165) is 10.6 Å². The molecule has 8 heteroatoms. The van der Waals surface area contributed by atoms with Gasteiger partial charge in [-0.3, -0.25) is 19.2 Å². The molecule has 0 atom stereocenters. The van der Waals surface area contributed by atoms with Crippen LogP contribution in [-0.4, -0.2) is 39.6 Å². The smallest absolute Gasteiger partial charge is 0.308 e. The number of imide groups is 1. The summed E-state index contributed by atoms with van der Waals surface area (Å²) in [7, 11) is 3.23. The Balaban J connectivity index is 1.79. The Labute approximate surface area is 138 Å². The molecule has 0 aliphatic carbocycles. The zero-order chi connectivity index (χ0) is 17.6. The summed E-state index contributed by atoms with van der Waals surface area (Å²) in [5, 5.41) is 9.64. The highest BCUT2D eigenvalue weighted by Gasteiger charge is 2.32. The second-order valence-corrected chi connectivity index (χ2v) is 5.68. The number of urea groups is 1. The number of nitrogens with one attached hydrogen (secondary N) is 2. The van der Waals surface area contributed by atoms with Crippen molar-refractivity contribution in [3.63, 3.8) is 0 Å². The number of hydrogen-bond acceptors (Lipinski definition) is 4. The SMILES string of the molecule is Cc1nn(C)c(C)c1NC(=O)Nc1ccc2c(c1)C(=O)N(C)C2=O. The lowest BCUT2D eigenvalue weighted by Crippen LogP contribution is -2.24. The normalized spacial score (nSPS) is 13.2. The van der Waals surface area contributed by atoms with Crippen molar-refractivity contribution in [1.29, 1.82) is 0 Å². The van der Waals surface area contributed by atoms with Crippen LogP contribution in [0.4, 0.5) is 16.2 Å². The van der Waals surface area contributed by atoms with Crippen LogP contribution < -0.4 is 10.6 Å². The predicted octanol–water partition coefficient (Wildman–Crippen LogP) is 1.91. The minimum Gasteiger partial charge on any atom is -0.308 e. The number of anilines is 2. The van der Waals surface area contributed by atoms with Gasteiger partial charge in [-0.05, 0) is 32.0 Å². The molecule has 1 aromatic heterocycles. The lowest BCUT2D eigenvalue weighted by Gasteiger charge is -2.08.